The zero-order chi connectivity index (χ0) is 14.6. The standard InChI is InChI=1S/C14H19N3O2/c1-9-5-6-10(8-15)13(16-9)17-11(7-12(18)19)14(2,3)4/h5-6,11H,7H2,1-4H3,(H,16,17)(H,18,19). The summed E-state index contributed by atoms with van der Waals surface area (Å²) in [5, 5.41) is 21.1. The summed E-state index contributed by atoms with van der Waals surface area (Å²) >= 11 is 0. The third-order valence-corrected chi connectivity index (χ3v) is 2.89. The molecule has 0 aromatic carbocycles. The van der Waals surface area contributed by atoms with Gasteiger partial charge >= 0.3 is 5.97 Å². The predicted molar refractivity (Wildman–Crippen MR) is 72.8 cm³/mol. The van der Waals surface area contributed by atoms with Crippen molar-refractivity contribution in [2.75, 3.05) is 5.32 Å². The molecule has 19 heavy (non-hydrogen) atoms. The summed E-state index contributed by atoms with van der Waals surface area (Å²) in [6.45, 7) is 7.69. The fraction of sp³-hybridized carbons (Fsp3) is 0.500. The number of nitrogens with one attached hydrogen (secondary N) is 1. The highest BCUT2D eigenvalue weighted by Gasteiger charge is 2.27. The van der Waals surface area contributed by atoms with E-state index in [0.29, 0.717) is 11.4 Å². The molecule has 0 aliphatic carbocycles. The zero-order valence-electron chi connectivity index (χ0n) is 11.7. The quantitative estimate of drug-likeness (QED) is 0.869. The molecule has 0 bridgehead atoms. The first-order valence-electron chi connectivity index (χ1n) is 6.10. The van der Waals surface area contributed by atoms with Crippen molar-refractivity contribution in [1.29, 1.82) is 5.26 Å². The first kappa shape index (κ1) is 15.0. The second-order valence-electron chi connectivity index (χ2n) is 5.62. The summed E-state index contributed by atoms with van der Waals surface area (Å²) in [6.07, 6.45) is -0.0238. The number of nitrogens with zero attached hydrogens (tertiary/aromatic N) is 2. The molecule has 0 spiro atoms. The molecule has 1 aromatic heterocycles. The Morgan fingerprint density at radius 3 is 2.63 bits per heavy atom. The van der Waals surface area contributed by atoms with Gasteiger partial charge in [0.15, 0.2) is 0 Å². The topological polar surface area (TPSA) is 86.0 Å². The van der Waals surface area contributed by atoms with Gasteiger partial charge in [-0.05, 0) is 24.5 Å². The number of carbonyl (C=O) groups is 1. The summed E-state index contributed by atoms with van der Waals surface area (Å²) in [4.78, 5) is 15.2. The largest absolute Gasteiger partial charge is 0.481 e. The van der Waals surface area contributed by atoms with Gasteiger partial charge in [0.05, 0.1) is 12.0 Å². The summed E-state index contributed by atoms with van der Waals surface area (Å²) in [6, 6.07) is 5.20. The lowest BCUT2D eigenvalue weighted by Crippen LogP contribution is -2.36. The molecule has 2 N–H and O–H groups in total. The molecule has 1 atom stereocenters. The van der Waals surface area contributed by atoms with Gasteiger partial charge in [-0.3, -0.25) is 4.79 Å². The van der Waals surface area contributed by atoms with Crippen molar-refractivity contribution in [2.45, 2.75) is 40.2 Å². The number of rotatable bonds is 4. The van der Waals surface area contributed by atoms with Crippen LogP contribution < -0.4 is 5.32 Å². The van der Waals surface area contributed by atoms with Gasteiger partial charge in [0.25, 0.3) is 0 Å². The van der Waals surface area contributed by atoms with Gasteiger partial charge in [0.2, 0.25) is 0 Å². The maximum atomic E-state index is 10.9. The number of hydrogen-bond donors (Lipinski definition) is 2. The average molecular weight is 261 g/mol. The van der Waals surface area contributed by atoms with Crippen molar-refractivity contribution in [3.63, 3.8) is 0 Å². The fourth-order valence-electron chi connectivity index (χ4n) is 1.67. The van der Waals surface area contributed by atoms with Crippen LogP contribution in [0.2, 0.25) is 0 Å². The highest BCUT2D eigenvalue weighted by Crippen LogP contribution is 2.26. The predicted octanol–water partition coefficient (Wildman–Crippen LogP) is 2.56. The van der Waals surface area contributed by atoms with Gasteiger partial charge in [-0.1, -0.05) is 20.8 Å². The molecule has 0 saturated carbocycles. The van der Waals surface area contributed by atoms with E-state index < -0.39 is 5.97 Å². The molecule has 5 nitrogen and oxygen atoms in total. The van der Waals surface area contributed by atoms with Crippen molar-refractivity contribution >= 4 is 11.8 Å². The van der Waals surface area contributed by atoms with Crippen LogP contribution in [-0.4, -0.2) is 22.1 Å². The van der Waals surface area contributed by atoms with Crippen LogP contribution in [0.4, 0.5) is 5.82 Å². The minimum Gasteiger partial charge on any atom is -0.481 e. The smallest absolute Gasteiger partial charge is 0.305 e. The van der Waals surface area contributed by atoms with Crippen LogP contribution in [0.15, 0.2) is 12.1 Å². The molecule has 0 radical (unpaired) electrons. The number of aromatic nitrogens is 1. The molecule has 0 amide bonds. The van der Waals surface area contributed by atoms with E-state index in [-0.39, 0.29) is 17.9 Å². The molecule has 0 saturated heterocycles. The van der Waals surface area contributed by atoms with E-state index >= 15 is 0 Å². The van der Waals surface area contributed by atoms with Crippen LogP contribution in [0.25, 0.3) is 0 Å². The third kappa shape index (κ3) is 4.25. The third-order valence-electron chi connectivity index (χ3n) is 2.89. The van der Waals surface area contributed by atoms with Gasteiger partial charge in [0, 0.05) is 11.7 Å². The Balaban J connectivity index is 3.06. The molecule has 1 unspecified atom stereocenters. The van der Waals surface area contributed by atoms with E-state index in [4.69, 9.17) is 10.4 Å². The van der Waals surface area contributed by atoms with Crippen LogP contribution in [0, 0.1) is 23.7 Å². The highest BCUT2D eigenvalue weighted by atomic mass is 16.4. The van der Waals surface area contributed by atoms with Gasteiger partial charge in [-0.25, -0.2) is 4.98 Å². The average Bonchev–Trinajstić information content (AvgIpc) is 2.26. The van der Waals surface area contributed by atoms with E-state index in [0.717, 1.165) is 5.69 Å². The van der Waals surface area contributed by atoms with Crippen LogP contribution in [-0.2, 0) is 4.79 Å². The minimum atomic E-state index is -0.876. The maximum Gasteiger partial charge on any atom is 0.305 e. The van der Waals surface area contributed by atoms with Crippen molar-refractivity contribution in [3.8, 4) is 6.07 Å². The Morgan fingerprint density at radius 1 is 1.53 bits per heavy atom. The van der Waals surface area contributed by atoms with Crippen molar-refractivity contribution < 1.29 is 9.90 Å². The molecule has 1 heterocycles. The van der Waals surface area contributed by atoms with Crippen molar-refractivity contribution in [1.82, 2.24) is 4.98 Å². The number of nitriles is 1. The SMILES string of the molecule is Cc1ccc(C#N)c(NC(CC(=O)O)C(C)(C)C)n1. The number of pyridine rings is 1. The van der Waals surface area contributed by atoms with Gasteiger partial charge in [0.1, 0.15) is 11.9 Å². The second kappa shape index (κ2) is 5.70. The number of hydrogen-bond acceptors (Lipinski definition) is 4. The zero-order valence-corrected chi connectivity index (χ0v) is 11.7. The van der Waals surface area contributed by atoms with E-state index in [1.54, 1.807) is 12.1 Å². The van der Waals surface area contributed by atoms with Crippen LogP contribution in [0.3, 0.4) is 0 Å². The Bertz CT molecular complexity index is 512. The molecule has 1 rings (SSSR count). The Morgan fingerprint density at radius 2 is 2.16 bits per heavy atom. The second-order valence-corrected chi connectivity index (χ2v) is 5.62. The van der Waals surface area contributed by atoms with Crippen LogP contribution >= 0.6 is 0 Å². The molecule has 1 aromatic rings. The first-order valence-corrected chi connectivity index (χ1v) is 6.10. The summed E-state index contributed by atoms with van der Waals surface area (Å²) in [5.74, 6) is -0.428. The number of aliphatic carboxylic acids is 1. The van der Waals surface area contributed by atoms with E-state index in [1.807, 2.05) is 27.7 Å². The highest BCUT2D eigenvalue weighted by molar-refractivity contribution is 5.68. The minimum absolute atomic E-state index is 0.0238. The first-order chi connectivity index (χ1) is 8.74. The Hall–Kier alpha value is -2.09. The number of carboxylic acids is 1. The molecule has 5 heteroatoms. The van der Waals surface area contributed by atoms with Crippen LogP contribution in [0.1, 0.15) is 38.4 Å². The lowest BCUT2D eigenvalue weighted by Gasteiger charge is -2.31. The summed E-state index contributed by atoms with van der Waals surface area (Å²) < 4.78 is 0. The van der Waals surface area contributed by atoms with E-state index in [2.05, 4.69) is 16.4 Å². The van der Waals surface area contributed by atoms with Crippen molar-refractivity contribution in [2.24, 2.45) is 5.41 Å². The van der Waals surface area contributed by atoms with Crippen LogP contribution in [0.5, 0.6) is 0 Å². The molecular weight excluding hydrogens is 242 g/mol. The lowest BCUT2D eigenvalue weighted by molar-refractivity contribution is -0.137. The fourth-order valence-corrected chi connectivity index (χ4v) is 1.67. The molecule has 0 aliphatic rings. The number of anilines is 1. The summed E-state index contributed by atoms with van der Waals surface area (Å²) in [7, 11) is 0. The number of carboxylic acid groups (broad SMARTS) is 1. The normalized spacial score (nSPS) is 12.6. The van der Waals surface area contributed by atoms with Crippen molar-refractivity contribution in [3.05, 3.63) is 23.4 Å². The van der Waals surface area contributed by atoms with E-state index in [9.17, 15) is 4.79 Å². The maximum absolute atomic E-state index is 10.9. The molecule has 102 valence electrons. The monoisotopic (exact) mass is 261 g/mol. The molecular formula is C14H19N3O2. The van der Waals surface area contributed by atoms with Gasteiger partial charge < -0.3 is 10.4 Å². The number of aryl methyl sites for hydroxylation is 1. The Kier molecular flexibility index (Phi) is 4.49. The lowest BCUT2D eigenvalue weighted by atomic mass is 9.84. The Labute approximate surface area is 113 Å². The molecule has 0 aliphatic heterocycles. The van der Waals surface area contributed by atoms with E-state index in [1.165, 1.54) is 0 Å². The summed E-state index contributed by atoms with van der Waals surface area (Å²) in [5.41, 5.74) is 0.950. The molecule has 0 fully saturated rings. The van der Waals surface area contributed by atoms with Gasteiger partial charge in [-0.2, -0.15) is 5.26 Å². The van der Waals surface area contributed by atoms with Gasteiger partial charge in [-0.15, -0.1) is 0 Å².